The van der Waals surface area contributed by atoms with Gasteiger partial charge in [0.15, 0.2) is 5.58 Å². The van der Waals surface area contributed by atoms with Gasteiger partial charge in [0, 0.05) is 27.3 Å². The van der Waals surface area contributed by atoms with Crippen LogP contribution in [0.1, 0.15) is 26.0 Å². The molecule has 9 rings (SSSR count). The largest absolute Gasteiger partial charge is 0.455 e. The van der Waals surface area contributed by atoms with E-state index in [9.17, 15) is 1.37 Å². The number of benzene rings is 6. The predicted octanol–water partition coefficient (Wildman–Crippen LogP) is 10.9. The molecule has 6 aromatic carbocycles. The third-order valence-electron chi connectivity index (χ3n) is 7.02. The molecule has 0 bridgehead atoms. The van der Waals surface area contributed by atoms with Crippen molar-refractivity contribution in [1.29, 1.82) is 0 Å². The van der Waals surface area contributed by atoms with Gasteiger partial charge in [0.05, 0.1) is 26.0 Å². The number of para-hydroxylation sites is 2. The smallest absolute Gasteiger partial charge is 0.180 e. The predicted molar refractivity (Wildman–Crippen MR) is 178 cm³/mol. The first kappa shape index (κ1) is 12.3. The first-order chi connectivity index (χ1) is 29.7. The maximum atomic E-state index is 9.44. The molecule has 3 heterocycles. The van der Waals surface area contributed by atoms with Gasteiger partial charge in [0.2, 0.25) is 0 Å². The molecule has 0 radical (unpaired) electrons. The van der Waals surface area contributed by atoms with Gasteiger partial charge in [-0.3, -0.25) is 0 Å². The lowest BCUT2D eigenvalue weighted by Gasteiger charge is -2.07. The van der Waals surface area contributed by atoms with E-state index in [1.807, 2.05) is 0 Å². The molecule has 0 aliphatic rings. The topological polar surface area (TPSA) is 52.1 Å². The molecule has 0 N–H and O–H groups in total. The Morgan fingerprint density at radius 3 is 2.16 bits per heavy atom. The first-order valence-corrected chi connectivity index (χ1v) is 13.1. The van der Waals surface area contributed by atoms with Crippen LogP contribution in [0, 0.1) is 0 Å². The van der Waals surface area contributed by atoms with E-state index in [1.165, 1.54) is 18.2 Å². The van der Waals surface area contributed by atoms with Crippen molar-refractivity contribution in [2.75, 3.05) is 0 Å². The normalized spacial score (nSPS) is 17.7. The minimum Gasteiger partial charge on any atom is -0.455 e. The maximum absolute atomic E-state index is 9.44. The molecular weight excluding hydrogens is 540 g/mol. The number of nitrogens with zero attached hydrogens (tertiary/aromatic N) is 2. The Labute approximate surface area is 279 Å². The lowest BCUT2D eigenvalue weighted by molar-refractivity contribution is 0.667. The summed E-state index contributed by atoms with van der Waals surface area (Å²) in [5, 5.41) is -0.198. The number of furan rings is 2. The Morgan fingerprint density at radius 1 is 0.500 bits per heavy atom. The van der Waals surface area contributed by atoms with Crippen molar-refractivity contribution in [1.82, 2.24) is 9.97 Å². The van der Waals surface area contributed by atoms with Crippen LogP contribution < -0.4 is 0 Å². The van der Waals surface area contributed by atoms with Gasteiger partial charge in [-0.2, -0.15) is 0 Å². The van der Waals surface area contributed by atoms with Crippen molar-refractivity contribution < 1.29 is 34.9 Å². The van der Waals surface area contributed by atoms with Gasteiger partial charge in [-0.15, -0.1) is 0 Å². The van der Waals surface area contributed by atoms with Crippen LogP contribution in [-0.2, 0) is 0 Å². The van der Waals surface area contributed by atoms with Crippen LogP contribution in [0.2, 0.25) is 0 Å². The SMILES string of the molecule is [2H]c1cc([2H])c(-c2c([2H])c([2H])c([2H])c3c2oc2c([2H])c([2H])c([2H])c([2H])c23)c([2H])c1-c1ncnc2c1oc1ccc(-c3c([2H])c([2H])c([2H])c(-c4c([2H])c([2H])c([2H])c([2H])c4[2H])c3[2H])cc12. The minimum atomic E-state index is -0.710. The summed E-state index contributed by atoms with van der Waals surface area (Å²) < 4.78 is 175. The summed E-state index contributed by atoms with van der Waals surface area (Å²) in [6.07, 6.45) is 1.11. The first-order valence-electron chi connectivity index (χ1n) is 22.6. The second kappa shape index (κ2) is 9.79. The van der Waals surface area contributed by atoms with Crippen molar-refractivity contribution in [3.63, 3.8) is 0 Å². The highest BCUT2D eigenvalue weighted by molar-refractivity contribution is 6.10. The monoisotopic (exact) mass is 583 g/mol. The van der Waals surface area contributed by atoms with Crippen molar-refractivity contribution in [3.8, 4) is 44.6 Å². The van der Waals surface area contributed by atoms with Crippen molar-refractivity contribution in [2.45, 2.75) is 0 Å². The van der Waals surface area contributed by atoms with E-state index in [0.29, 0.717) is 0 Å². The van der Waals surface area contributed by atoms with Crippen molar-refractivity contribution in [2.24, 2.45) is 0 Å². The highest BCUT2D eigenvalue weighted by Gasteiger charge is 2.17. The number of hydrogen-bond donors (Lipinski definition) is 0. The Hall–Kier alpha value is -6.00. The van der Waals surface area contributed by atoms with E-state index in [1.54, 1.807) is 0 Å². The molecule has 0 saturated carbocycles. The van der Waals surface area contributed by atoms with E-state index in [2.05, 4.69) is 9.97 Å². The fourth-order valence-electron chi connectivity index (χ4n) is 5.04. The van der Waals surface area contributed by atoms with Crippen LogP contribution >= 0.6 is 0 Å². The summed E-state index contributed by atoms with van der Waals surface area (Å²) in [5.41, 5.74) is -2.53. The van der Waals surface area contributed by atoms with Crippen LogP contribution in [0.3, 0.4) is 0 Å². The third kappa shape index (κ3) is 3.92. The van der Waals surface area contributed by atoms with Crippen LogP contribution in [0.4, 0.5) is 0 Å². The van der Waals surface area contributed by atoms with E-state index in [-0.39, 0.29) is 83.6 Å². The zero-order valence-corrected chi connectivity index (χ0v) is 22.1. The van der Waals surface area contributed by atoms with Gasteiger partial charge in [-0.25, -0.2) is 9.97 Å². The van der Waals surface area contributed by atoms with E-state index < -0.39 is 120 Å². The molecule has 206 valence electrons. The molecule has 0 saturated heterocycles. The van der Waals surface area contributed by atoms with Gasteiger partial charge < -0.3 is 8.83 Å². The van der Waals surface area contributed by atoms with Crippen molar-refractivity contribution >= 4 is 44.0 Å². The fourth-order valence-corrected chi connectivity index (χ4v) is 5.04. The van der Waals surface area contributed by atoms with Crippen LogP contribution in [-0.4, -0.2) is 9.97 Å². The third-order valence-corrected chi connectivity index (χ3v) is 7.02. The highest BCUT2D eigenvalue weighted by Crippen LogP contribution is 2.39. The summed E-state index contributed by atoms with van der Waals surface area (Å²) in [7, 11) is 0. The molecule has 4 nitrogen and oxygen atoms in total. The Morgan fingerprint density at radius 2 is 1.23 bits per heavy atom. The minimum absolute atomic E-state index is 0.0682. The second-order valence-corrected chi connectivity index (χ2v) is 9.53. The van der Waals surface area contributed by atoms with Crippen LogP contribution in [0.15, 0.2) is 154 Å². The Kier molecular flexibility index (Phi) is 2.74. The Balaban J connectivity index is 1.28. The van der Waals surface area contributed by atoms with E-state index in [4.69, 9.17) is 33.5 Å². The molecular formula is C40H24N2O2. The number of aromatic nitrogens is 2. The summed E-state index contributed by atoms with van der Waals surface area (Å²) in [6, 6.07) is -6.25. The van der Waals surface area contributed by atoms with Gasteiger partial charge in [-0.05, 0) is 58.1 Å². The molecule has 0 aliphatic carbocycles. The van der Waals surface area contributed by atoms with Crippen LogP contribution in [0.25, 0.3) is 88.6 Å². The molecule has 0 amide bonds. The highest BCUT2D eigenvalue weighted by atomic mass is 16.3. The van der Waals surface area contributed by atoms with Gasteiger partial charge in [0.1, 0.15) is 34.3 Å². The number of rotatable bonds is 4. The standard InChI is InChI=1S/C40H24N2O2/c1-2-9-25(10-3-1)26-11-6-12-27(21-26)28-19-20-36-34(23-28)38-40(44-36)37(41-24-42-38)30-14-7-13-29(22-30)31-16-8-17-33-32-15-4-5-18-35(32)43-39(31)33/h1-24H/i1D,2D,3D,4D,5D,6D,8D,9D,10D,11D,12D,13D,14D,15D,16D,17D,18D,21D,22D. The lowest BCUT2D eigenvalue weighted by Crippen LogP contribution is -1.88. The van der Waals surface area contributed by atoms with E-state index in [0.717, 1.165) is 12.4 Å². The van der Waals surface area contributed by atoms with E-state index >= 15 is 0 Å². The lowest BCUT2D eigenvalue weighted by atomic mass is 9.98. The maximum Gasteiger partial charge on any atom is 0.180 e. The average molecular weight is 584 g/mol. The van der Waals surface area contributed by atoms with Crippen LogP contribution in [0.5, 0.6) is 0 Å². The molecule has 0 aliphatic heterocycles. The molecule has 3 aromatic heterocycles. The zero-order valence-electron chi connectivity index (χ0n) is 41.1. The molecule has 44 heavy (non-hydrogen) atoms. The molecule has 4 heteroatoms. The molecule has 9 aromatic rings. The molecule has 0 atom stereocenters. The molecule has 0 spiro atoms. The zero-order chi connectivity index (χ0) is 45.6. The molecule has 0 fully saturated rings. The number of hydrogen-bond acceptors (Lipinski definition) is 4. The molecule has 0 unspecified atom stereocenters. The van der Waals surface area contributed by atoms with Gasteiger partial charge >= 0.3 is 0 Å². The van der Waals surface area contributed by atoms with Crippen molar-refractivity contribution in [3.05, 3.63) is 145 Å². The van der Waals surface area contributed by atoms with Gasteiger partial charge in [-0.1, -0.05) is 109 Å². The summed E-state index contributed by atoms with van der Waals surface area (Å²) >= 11 is 0. The fraction of sp³-hybridized carbons (Fsp3) is 0. The summed E-state index contributed by atoms with van der Waals surface area (Å²) in [6.45, 7) is 0. The van der Waals surface area contributed by atoms with Gasteiger partial charge in [0.25, 0.3) is 0 Å². The summed E-state index contributed by atoms with van der Waals surface area (Å²) in [5.74, 6) is 0. The summed E-state index contributed by atoms with van der Waals surface area (Å²) in [4.78, 5) is 8.73. The quantitative estimate of drug-likeness (QED) is 0.207. The average Bonchev–Trinajstić information content (AvgIpc) is 3.84. The number of fused-ring (bicyclic) bond motifs is 6. The second-order valence-electron chi connectivity index (χ2n) is 9.53. The Bertz CT molecular complexity index is 3550.